The molecular formula is C15H17N3O. The lowest BCUT2D eigenvalue weighted by atomic mass is 9.92. The molecule has 1 unspecified atom stereocenters. The number of nitrogens with one attached hydrogen (secondary N) is 1. The summed E-state index contributed by atoms with van der Waals surface area (Å²) in [6, 6.07) is 5.99. The molecule has 1 aromatic heterocycles. The van der Waals surface area contributed by atoms with Crippen molar-refractivity contribution in [3.05, 3.63) is 41.1 Å². The van der Waals surface area contributed by atoms with Crippen molar-refractivity contribution in [2.45, 2.75) is 19.3 Å². The molecule has 1 aliphatic rings. The van der Waals surface area contributed by atoms with E-state index < -0.39 is 0 Å². The van der Waals surface area contributed by atoms with Gasteiger partial charge >= 0.3 is 0 Å². The Hall–Kier alpha value is -1.94. The normalized spacial score (nSPS) is 16.0. The average Bonchev–Trinajstić information content (AvgIpc) is 2.45. The molecule has 2 aromatic rings. The predicted molar refractivity (Wildman–Crippen MR) is 75.2 cm³/mol. The van der Waals surface area contributed by atoms with E-state index >= 15 is 0 Å². The number of carbonyl (C=O) groups is 1. The molecule has 2 heterocycles. The van der Waals surface area contributed by atoms with Crippen molar-refractivity contribution in [3.63, 3.8) is 0 Å². The van der Waals surface area contributed by atoms with Gasteiger partial charge in [-0.15, -0.1) is 0 Å². The van der Waals surface area contributed by atoms with E-state index in [1.807, 2.05) is 24.4 Å². The van der Waals surface area contributed by atoms with Gasteiger partial charge in [-0.05, 0) is 30.0 Å². The van der Waals surface area contributed by atoms with E-state index in [2.05, 4.69) is 17.2 Å². The Labute approximate surface area is 112 Å². The van der Waals surface area contributed by atoms with E-state index in [-0.39, 0.29) is 11.8 Å². The number of amides is 1. The molecule has 0 radical (unpaired) electrons. The molecule has 19 heavy (non-hydrogen) atoms. The first kappa shape index (κ1) is 12.1. The molecule has 98 valence electrons. The molecular weight excluding hydrogens is 238 g/mol. The summed E-state index contributed by atoms with van der Waals surface area (Å²) in [6.07, 6.45) is 2.68. The summed E-state index contributed by atoms with van der Waals surface area (Å²) >= 11 is 0. The van der Waals surface area contributed by atoms with Crippen LogP contribution in [0.1, 0.15) is 34.3 Å². The van der Waals surface area contributed by atoms with E-state index in [1.54, 1.807) is 0 Å². The molecule has 0 saturated heterocycles. The van der Waals surface area contributed by atoms with E-state index in [4.69, 9.17) is 5.73 Å². The quantitative estimate of drug-likeness (QED) is 0.856. The topological polar surface area (TPSA) is 68.0 Å². The maximum absolute atomic E-state index is 12.1. The lowest BCUT2D eigenvalue weighted by Gasteiger charge is -2.19. The zero-order valence-corrected chi connectivity index (χ0v) is 10.9. The Morgan fingerprint density at radius 2 is 2.32 bits per heavy atom. The van der Waals surface area contributed by atoms with Crippen LogP contribution in [-0.4, -0.2) is 24.0 Å². The maximum Gasteiger partial charge on any atom is 0.252 e. The number of rotatable bonds is 2. The van der Waals surface area contributed by atoms with Crippen molar-refractivity contribution < 1.29 is 4.79 Å². The first-order valence-corrected chi connectivity index (χ1v) is 6.61. The van der Waals surface area contributed by atoms with Gasteiger partial charge in [0, 0.05) is 18.1 Å². The van der Waals surface area contributed by atoms with E-state index in [0.717, 1.165) is 34.0 Å². The minimum absolute atomic E-state index is 0.00574. The predicted octanol–water partition coefficient (Wildman–Crippen LogP) is 1.58. The molecule has 4 heteroatoms. The number of para-hydroxylation sites is 1. The van der Waals surface area contributed by atoms with Crippen LogP contribution in [0.2, 0.25) is 0 Å². The summed E-state index contributed by atoms with van der Waals surface area (Å²) in [7, 11) is 0. The largest absolute Gasteiger partial charge is 0.352 e. The number of aromatic nitrogens is 1. The third-order valence-electron chi connectivity index (χ3n) is 3.80. The Morgan fingerprint density at radius 3 is 3.11 bits per heavy atom. The van der Waals surface area contributed by atoms with Crippen molar-refractivity contribution in [1.29, 1.82) is 0 Å². The Balaban J connectivity index is 2.30. The zero-order chi connectivity index (χ0) is 13.4. The highest BCUT2D eigenvalue weighted by atomic mass is 16.1. The summed E-state index contributed by atoms with van der Waals surface area (Å²) in [6.45, 7) is 3.35. The molecule has 3 rings (SSSR count). The van der Waals surface area contributed by atoms with Gasteiger partial charge < -0.3 is 11.1 Å². The molecule has 1 amide bonds. The summed E-state index contributed by atoms with van der Waals surface area (Å²) in [4.78, 5) is 16.6. The van der Waals surface area contributed by atoms with Gasteiger partial charge in [0.15, 0.2) is 0 Å². The highest BCUT2D eigenvalue weighted by Crippen LogP contribution is 2.28. The van der Waals surface area contributed by atoms with Crippen molar-refractivity contribution >= 4 is 16.8 Å². The Bertz CT molecular complexity index is 651. The third kappa shape index (κ3) is 1.88. The first-order valence-electron chi connectivity index (χ1n) is 6.61. The molecule has 1 atom stereocenters. The number of nitrogens with two attached hydrogens (primary N) is 1. The van der Waals surface area contributed by atoms with Gasteiger partial charge in [-0.25, -0.2) is 0 Å². The number of hydrogen-bond donors (Lipinski definition) is 2. The van der Waals surface area contributed by atoms with Gasteiger partial charge in [-0.3, -0.25) is 9.78 Å². The van der Waals surface area contributed by atoms with Gasteiger partial charge in [0.05, 0.1) is 11.1 Å². The highest BCUT2D eigenvalue weighted by molar-refractivity contribution is 6.08. The smallest absolute Gasteiger partial charge is 0.252 e. The summed E-state index contributed by atoms with van der Waals surface area (Å²) in [5.41, 5.74) is 9.58. The number of benzene rings is 1. The van der Waals surface area contributed by atoms with Gasteiger partial charge in [-0.2, -0.15) is 0 Å². The van der Waals surface area contributed by atoms with Crippen molar-refractivity contribution in [3.8, 4) is 0 Å². The second-order valence-corrected chi connectivity index (χ2v) is 5.04. The summed E-state index contributed by atoms with van der Waals surface area (Å²) < 4.78 is 0. The van der Waals surface area contributed by atoms with Crippen LogP contribution in [0, 0.1) is 0 Å². The molecule has 0 spiro atoms. The molecule has 0 bridgehead atoms. The summed E-state index contributed by atoms with van der Waals surface area (Å²) in [5.74, 6) is 0.243. The Kier molecular flexibility index (Phi) is 2.95. The van der Waals surface area contributed by atoms with Crippen LogP contribution in [0.4, 0.5) is 0 Å². The van der Waals surface area contributed by atoms with Crippen molar-refractivity contribution in [1.82, 2.24) is 10.3 Å². The lowest BCUT2D eigenvalue weighted by molar-refractivity contribution is 0.0947. The van der Waals surface area contributed by atoms with Gasteiger partial charge in [-0.1, -0.05) is 25.1 Å². The molecule has 1 aromatic carbocycles. The monoisotopic (exact) mass is 255 g/mol. The second kappa shape index (κ2) is 4.63. The van der Waals surface area contributed by atoms with E-state index in [0.29, 0.717) is 13.1 Å². The average molecular weight is 255 g/mol. The minimum Gasteiger partial charge on any atom is -0.352 e. The number of hydrogen-bond acceptors (Lipinski definition) is 3. The second-order valence-electron chi connectivity index (χ2n) is 5.04. The first-order chi connectivity index (χ1) is 9.22. The number of carbonyl (C=O) groups excluding carboxylic acids is 1. The third-order valence-corrected chi connectivity index (χ3v) is 3.80. The molecule has 0 saturated carbocycles. The molecule has 4 nitrogen and oxygen atoms in total. The van der Waals surface area contributed by atoms with E-state index in [1.165, 1.54) is 0 Å². The van der Waals surface area contributed by atoms with Gasteiger partial charge in [0.2, 0.25) is 0 Å². The van der Waals surface area contributed by atoms with Crippen LogP contribution in [0.15, 0.2) is 24.4 Å². The van der Waals surface area contributed by atoms with Crippen LogP contribution in [0.25, 0.3) is 10.9 Å². The summed E-state index contributed by atoms with van der Waals surface area (Å²) in [5, 5.41) is 3.84. The van der Waals surface area contributed by atoms with Crippen molar-refractivity contribution in [2.75, 3.05) is 13.1 Å². The van der Waals surface area contributed by atoms with Crippen LogP contribution in [0.3, 0.4) is 0 Å². The fourth-order valence-corrected chi connectivity index (χ4v) is 2.67. The van der Waals surface area contributed by atoms with E-state index in [9.17, 15) is 4.79 Å². The Morgan fingerprint density at radius 1 is 1.47 bits per heavy atom. The number of nitrogens with zero attached hydrogens (tertiary/aromatic N) is 1. The fraction of sp³-hybridized carbons (Fsp3) is 0.333. The highest BCUT2D eigenvalue weighted by Gasteiger charge is 2.21. The molecule has 3 N–H and O–H groups in total. The van der Waals surface area contributed by atoms with Crippen LogP contribution in [0.5, 0.6) is 0 Å². The van der Waals surface area contributed by atoms with Gasteiger partial charge in [0.25, 0.3) is 5.91 Å². The minimum atomic E-state index is 0.00574. The van der Waals surface area contributed by atoms with Crippen LogP contribution < -0.4 is 11.1 Å². The maximum atomic E-state index is 12.1. The number of pyridine rings is 1. The van der Waals surface area contributed by atoms with Crippen LogP contribution in [-0.2, 0) is 6.42 Å². The fourth-order valence-electron chi connectivity index (χ4n) is 2.67. The van der Waals surface area contributed by atoms with Gasteiger partial charge in [0.1, 0.15) is 0 Å². The molecule has 1 aliphatic heterocycles. The lowest BCUT2D eigenvalue weighted by Crippen LogP contribution is -2.32. The van der Waals surface area contributed by atoms with Crippen LogP contribution >= 0.6 is 0 Å². The standard InChI is InChI=1S/C15H17N3O/c1-9(7-16)11-3-2-4-12-13-10(8-18-14(11)12)5-6-17-15(13)19/h2-4,8-9H,5-7,16H2,1H3,(H,17,19). The molecule has 0 fully saturated rings. The molecule has 0 aliphatic carbocycles. The SMILES string of the molecule is CC(CN)c1cccc2c3c(cnc12)CCNC3=O. The zero-order valence-electron chi connectivity index (χ0n) is 10.9. The van der Waals surface area contributed by atoms with Crippen molar-refractivity contribution in [2.24, 2.45) is 5.73 Å². The number of fused-ring (bicyclic) bond motifs is 3.